The van der Waals surface area contributed by atoms with E-state index in [0.717, 1.165) is 63.8 Å². The highest BCUT2D eigenvalue weighted by molar-refractivity contribution is 5.80. The number of nitrogens with one attached hydrogen (secondary N) is 2. The third kappa shape index (κ3) is 6.71. The largest absolute Gasteiger partial charge is 0.497 e. The summed E-state index contributed by atoms with van der Waals surface area (Å²) in [7, 11) is 3.59. The molecule has 0 aromatic heterocycles. The Morgan fingerprint density at radius 1 is 1.00 bits per heavy atom. The normalized spacial score (nSPS) is 19.4. The highest BCUT2D eigenvalue weighted by atomic mass is 16.5. The molecule has 2 aromatic carbocycles. The van der Waals surface area contributed by atoms with E-state index in [1.54, 1.807) is 7.11 Å². The number of rotatable bonds is 8. The lowest BCUT2D eigenvalue weighted by Crippen LogP contribution is -2.49. The van der Waals surface area contributed by atoms with Gasteiger partial charge in [0.1, 0.15) is 5.75 Å². The second kappa shape index (κ2) is 12.1. The first-order valence-electron chi connectivity index (χ1n) is 12.4. The van der Waals surface area contributed by atoms with Gasteiger partial charge in [-0.25, -0.2) is 0 Å². The molecule has 33 heavy (non-hydrogen) atoms. The number of nitrogens with zero attached hydrogens (tertiary/aromatic N) is 3. The summed E-state index contributed by atoms with van der Waals surface area (Å²) >= 11 is 0. The molecular weight excluding hydrogens is 410 g/mol. The molecule has 6 nitrogen and oxygen atoms in total. The topological polar surface area (TPSA) is 52.1 Å². The highest BCUT2D eigenvalue weighted by Gasteiger charge is 2.25. The minimum Gasteiger partial charge on any atom is -0.497 e. The lowest BCUT2D eigenvalue weighted by atomic mass is 10.0. The molecule has 0 aliphatic carbocycles. The summed E-state index contributed by atoms with van der Waals surface area (Å²) in [4.78, 5) is 9.67. The molecule has 2 N–H and O–H groups in total. The van der Waals surface area contributed by atoms with Crippen LogP contribution in [0.5, 0.6) is 5.75 Å². The molecule has 1 unspecified atom stereocenters. The fourth-order valence-corrected chi connectivity index (χ4v) is 5.00. The van der Waals surface area contributed by atoms with Crippen LogP contribution in [0.3, 0.4) is 0 Å². The van der Waals surface area contributed by atoms with Gasteiger partial charge >= 0.3 is 0 Å². The van der Waals surface area contributed by atoms with Crippen molar-refractivity contribution in [3.63, 3.8) is 0 Å². The van der Waals surface area contributed by atoms with Gasteiger partial charge in [0.2, 0.25) is 0 Å². The first-order valence-corrected chi connectivity index (χ1v) is 12.4. The predicted octanol–water partition coefficient (Wildman–Crippen LogP) is 3.66. The molecule has 6 heteroatoms. The van der Waals surface area contributed by atoms with E-state index in [-0.39, 0.29) is 0 Å². The average Bonchev–Trinajstić information content (AvgIpc) is 3.40. The third-order valence-electron chi connectivity index (χ3n) is 6.95. The molecule has 2 heterocycles. The second-order valence-corrected chi connectivity index (χ2v) is 9.17. The molecule has 0 bridgehead atoms. The maximum atomic E-state index is 5.35. The molecule has 178 valence electrons. The molecule has 2 aliphatic rings. The maximum Gasteiger partial charge on any atom is 0.191 e. The number of guanidine groups is 1. The van der Waals surface area contributed by atoms with Gasteiger partial charge in [-0.1, -0.05) is 42.5 Å². The monoisotopic (exact) mass is 449 g/mol. The van der Waals surface area contributed by atoms with Gasteiger partial charge in [0, 0.05) is 39.3 Å². The summed E-state index contributed by atoms with van der Waals surface area (Å²) in [5.74, 6) is 1.82. The average molecular weight is 450 g/mol. The fourth-order valence-electron chi connectivity index (χ4n) is 5.00. The van der Waals surface area contributed by atoms with Crippen molar-refractivity contribution < 1.29 is 4.74 Å². The van der Waals surface area contributed by atoms with Crippen molar-refractivity contribution in [2.45, 2.75) is 44.3 Å². The zero-order valence-corrected chi connectivity index (χ0v) is 20.2. The van der Waals surface area contributed by atoms with E-state index in [0.29, 0.717) is 12.1 Å². The van der Waals surface area contributed by atoms with Crippen molar-refractivity contribution in [1.29, 1.82) is 0 Å². The van der Waals surface area contributed by atoms with Crippen molar-refractivity contribution in [3.8, 4) is 5.75 Å². The van der Waals surface area contributed by atoms with Crippen LogP contribution in [0.15, 0.2) is 59.6 Å². The zero-order valence-electron chi connectivity index (χ0n) is 20.2. The Balaban J connectivity index is 1.28. The number of hydrogen-bond acceptors (Lipinski definition) is 4. The van der Waals surface area contributed by atoms with Crippen molar-refractivity contribution in [2.24, 2.45) is 4.99 Å². The number of likely N-dealkylation sites (tertiary alicyclic amines) is 2. The summed E-state index contributed by atoms with van der Waals surface area (Å²) in [5.41, 5.74) is 2.72. The molecule has 1 atom stereocenters. The van der Waals surface area contributed by atoms with Crippen LogP contribution in [-0.4, -0.2) is 68.7 Å². The Morgan fingerprint density at radius 2 is 1.70 bits per heavy atom. The quantitative estimate of drug-likeness (QED) is 0.476. The molecule has 2 aliphatic heterocycles. The van der Waals surface area contributed by atoms with Crippen LogP contribution in [0, 0.1) is 0 Å². The Kier molecular flexibility index (Phi) is 8.61. The molecule has 4 rings (SSSR count). The maximum absolute atomic E-state index is 5.35. The van der Waals surface area contributed by atoms with Crippen molar-refractivity contribution >= 4 is 5.96 Å². The lowest BCUT2D eigenvalue weighted by Gasteiger charge is -2.34. The summed E-state index contributed by atoms with van der Waals surface area (Å²) in [6.07, 6.45) is 4.84. The van der Waals surface area contributed by atoms with Gasteiger partial charge in [-0.05, 0) is 62.0 Å². The Bertz CT molecular complexity index is 856. The van der Waals surface area contributed by atoms with E-state index in [2.05, 4.69) is 80.0 Å². The molecule has 2 saturated heterocycles. The van der Waals surface area contributed by atoms with E-state index in [1.165, 1.54) is 24.0 Å². The minimum absolute atomic E-state index is 0.338. The van der Waals surface area contributed by atoms with Crippen molar-refractivity contribution in [1.82, 2.24) is 20.4 Å². The Morgan fingerprint density at radius 3 is 2.33 bits per heavy atom. The molecule has 0 saturated carbocycles. The summed E-state index contributed by atoms with van der Waals surface area (Å²) in [5, 5.41) is 7.30. The number of methoxy groups -OCH3 is 1. The van der Waals surface area contributed by atoms with Gasteiger partial charge in [-0.15, -0.1) is 0 Å². The van der Waals surface area contributed by atoms with Crippen molar-refractivity contribution in [3.05, 3.63) is 65.7 Å². The van der Waals surface area contributed by atoms with Gasteiger partial charge in [-0.2, -0.15) is 0 Å². The minimum atomic E-state index is 0.338. The Hall–Kier alpha value is -2.57. The molecule has 0 spiro atoms. The van der Waals surface area contributed by atoms with Gasteiger partial charge in [0.25, 0.3) is 0 Å². The second-order valence-electron chi connectivity index (χ2n) is 9.17. The zero-order chi connectivity index (χ0) is 22.9. The first-order chi connectivity index (χ1) is 16.2. The molecule has 0 radical (unpaired) electrons. The number of hydrogen-bond donors (Lipinski definition) is 2. The standard InChI is InChI=1S/C27H39N5O/c1-28-27(30-24-14-18-31(19-15-24)21-22-8-4-3-5-9-22)29-20-26(32-16-6-7-17-32)23-10-12-25(33-2)13-11-23/h3-5,8-13,24,26H,6-7,14-21H2,1-2H3,(H2,28,29,30). The lowest BCUT2D eigenvalue weighted by molar-refractivity contribution is 0.198. The summed E-state index contributed by atoms with van der Waals surface area (Å²) in [6, 6.07) is 20.1. The van der Waals surface area contributed by atoms with Crippen molar-refractivity contribution in [2.75, 3.05) is 46.9 Å². The fraction of sp³-hybridized carbons (Fsp3) is 0.519. The summed E-state index contributed by atoms with van der Waals surface area (Å²) in [6.45, 7) is 6.44. The summed E-state index contributed by atoms with van der Waals surface area (Å²) < 4.78 is 5.35. The van der Waals surface area contributed by atoms with Crippen LogP contribution < -0.4 is 15.4 Å². The highest BCUT2D eigenvalue weighted by Crippen LogP contribution is 2.26. The molecule has 2 fully saturated rings. The Labute approximate surface area is 199 Å². The van der Waals surface area contributed by atoms with E-state index in [1.807, 2.05) is 7.05 Å². The van der Waals surface area contributed by atoms with Crippen LogP contribution >= 0.6 is 0 Å². The number of piperidine rings is 1. The van der Waals surface area contributed by atoms with Crippen LogP contribution in [0.1, 0.15) is 42.9 Å². The van der Waals surface area contributed by atoms with Crippen LogP contribution in [0.25, 0.3) is 0 Å². The molecule has 0 amide bonds. The van der Waals surface area contributed by atoms with Crippen LogP contribution in [0.4, 0.5) is 0 Å². The van der Waals surface area contributed by atoms with E-state index in [9.17, 15) is 0 Å². The van der Waals surface area contributed by atoms with Crippen LogP contribution in [0.2, 0.25) is 0 Å². The number of benzene rings is 2. The third-order valence-corrected chi connectivity index (χ3v) is 6.95. The van der Waals surface area contributed by atoms with Crippen LogP contribution in [-0.2, 0) is 6.54 Å². The SMILES string of the molecule is CN=C(NCC(c1ccc(OC)cc1)N1CCCC1)NC1CCN(Cc2ccccc2)CC1. The van der Waals surface area contributed by atoms with Gasteiger partial charge in [0.15, 0.2) is 5.96 Å². The predicted molar refractivity (Wildman–Crippen MR) is 136 cm³/mol. The number of ether oxygens (including phenoxy) is 1. The van der Waals surface area contributed by atoms with Gasteiger partial charge in [-0.3, -0.25) is 14.8 Å². The van der Waals surface area contributed by atoms with E-state index in [4.69, 9.17) is 4.74 Å². The van der Waals surface area contributed by atoms with Gasteiger partial charge in [0.05, 0.1) is 13.2 Å². The van der Waals surface area contributed by atoms with Gasteiger partial charge < -0.3 is 15.4 Å². The first kappa shape index (κ1) is 23.6. The van der Waals surface area contributed by atoms with E-state index < -0.39 is 0 Å². The molecular formula is C27H39N5O. The molecule has 2 aromatic rings. The van der Waals surface area contributed by atoms with E-state index >= 15 is 0 Å². The smallest absolute Gasteiger partial charge is 0.191 e. The number of aliphatic imine (C=N–C) groups is 1.